The van der Waals surface area contributed by atoms with Crippen molar-refractivity contribution in [3.05, 3.63) is 61.8 Å². The van der Waals surface area contributed by atoms with Gasteiger partial charge in [-0.3, -0.25) is 19.1 Å². The smallest absolute Gasteiger partial charge is 0.270 e. The van der Waals surface area contributed by atoms with E-state index < -0.39 is 0 Å². The number of nitriles is 1. The summed E-state index contributed by atoms with van der Waals surface area (Å²) in [4.78, 5) is 31.1. The molecule has 4 rings (SSSR count). The molecule has 9 heteroatoms. The third kappa shape index (κ3) is 5.60. The lowest BCUT2D eigenvalue weighted by Crippen LogP contribution is -2.33. The number of methoxy groups -OCH3 is 1. The number of benzene rings is 1. The van der Waals surface area contributed by atoms with Crippen molar-refractivity contribution in [1.82, 2.24) is 9.47 Å². The van der Waals surface area contributed by atoms with E-state index in [1.807, 2.05) is 30.3 Å². The van der Waals surface area contributed by atoms with Crippen molar-refractivity contribution in [2.75, 3.05) is 31.6 Å². The number of hydrogen-bond acceptors (Lipinski definition) is 7. The molecule has 1 aromatic heterocycles. The highest BCUT2D eigenvalue weighted by Crippen LogP contribution is 2.36. The van der Waals surface area contributed by atoms with E-state index in [2.05, 4.69) is 17.9 Å². The van der Waals surface area contributed by atoms with Crippen LogP contribution in [0.15, 0.2) is 34.0 Å². The Morgan fingerprint density at radius 2 is 1.86 bits per heavy atom. The topological polar surface area (TPSA) is 78.6 Å². The predicted molar refractivity (Wildman–Crippen MR) is 153 cm³/mol. The predicted octanol–water partition coefficient (Wildman–Crippen LogP) is 4.88. The number of pyridine rings is 1. The molecule has 2 aliphatic rings. The first-order valence-corrected chi connectivity index (χ1v) is 13.9. The molecule has 0 spiro atoms. The van der Waals surface area contributed by atoms with Crippen molar-refractivity contribution in [3.63, 3.8) is 0 Å². The van der Waals surface area contributed by atoms with Crippen LogP contribution in [0.4, 0.5) is 5.82 Å². The van der Waals surface area contributed by atoms with Crippen LogP contribution >= 0.6 is 24.0 Å². The van der Waals surface area contributed by atoms with Gasteiger partial charge in [-0.1, -0.05) is 49.5 Å². The fraction of sp³-hybridized carbons (Fsp3) is 0.429. The van der Waals surface area contributed by atoms with E-state index >= 15 is 0 Å². The molecule has 0 atom stereocenters. The third-order valence-corrected chi connectivity index (χ3v) is 8.30. The second kappa shape index (κ2) is 12.0. The van der Waals surface area contributed by atoms with E-state index in [1.54, 1.807) is 23.5 Å². The SMILES string of the molecule is CCCCn1c(N2CCCC2)c(/C=C2/SC(=S)N(CCc3ccc(OC)cc3)C2=O)c(C)c(C#N)c1=O. The van der Waals surface area contributed by atoms with Gasteiger partial charge >= 0.3 is 0 Å². The fourth-order valence-electron chi connectivity index (χ4n) is 4.79. The summed E-state index contributed by atoms with van der Waals surface area (Å²) < 4.78 is 7.49. The van der Waals surface area contributed by atoms with E-state index in [0.717, 1.165) is 61.5 Å². The Kier molecular flexibility index (Phi) is 8.72. The number of aromatic nitrogens is 1. The maximum Gasteiger partial charge on any atom is 0.270 e. The Hall–Kier alpha value is -3.09. The van der Waals surface area contributed by atoms with Crippen molar-refractivity contribution in [2.45, 2.75) is 52.5 Å². The zero-order valence-electron chi connectivity index (χ0n) is 21.6. The third-order valence-electron chi connectivity index (χ3n) is 6.92. The van der Waals surface area contributed by atoms with Gasteiger partial charge in [0, 0.05) is 31.7 Å². The van der Waals surface area contributed by atoms with Gasteiger partial charge in [-0.25, -0.2) is 0 Å². The normalized spacial score (nSPS) is 16.6. The number of carbonyl (C=O) groups excluding carboxylic acids is 1. The lowest BCUT2D eigenvalue weighted by atomic mass is 10.0. The summed E-state index contributed by atoms with van der Waals surface area (Å²) in [7, 11) is 1.63. The van der Waals surface area contributed by atoms with Crippen LogP contribution in [0.2, 0.25) is 0 Å². The van der Waals surface area contributed by atoms with Crippen LogP contribution in [0, 0.1) is 18.3 Å². The number of unbranched alkanes of at least 4 members (excludes halogenated alkanes) is 1. The molecule has 2 saturated heterocycles. The lowest BCUT2D eigenvalue weighted by molar-refractivity contribution is -0.122. The van der Waals surface area contributed by atoms with Gasteiger partial charge in [0.25, 0.3) is 11.5 Å². The van der Waals surface area contributed by atoms with Crippen molar-refractivity contribution in [1.29, 1.82) is 5.26 Å². The molecule has 1 aromatic carbocycles. The summed E-state index contributed by atoms with van der Waals surface area (Å²) >= 11 is 6.86. The van der Waals surface area contributed by atoms with Crippen molar-refractivity contribution >= 4 is 46.1 Å². The van der Waals surface area contributed by atoms with E-state index in [-0.39, 0.29) is 17.0 Å². The van der Waals surface area contributed by atoms with Gasteiger partial charge in [0.2, 0.25) is 0 Å². The number of thiocarbonyl (C=S) groups is 1. The van der Waals surface area contributed by atoms with Crippen LogP contribution in [-0.4, -0.2) is 46.4 Å². The standard InChI is InChI=1S/C28H32N4O3S2/c1-4-5-15-31-25(30-13-6-7-14-30)22(19(2)23(18-29)26(31)33)17-24-27(34)32(28(36)37-24)16-12-20-8-10-21(35-3)11-9-20/h8-11,17H,4-7,12-16H2,1-3H3/b24-17+. The molecule has 0 bridgehead atoms. The lowest BCUT2D eigenvalue weighted by Gasteiger charge is -2.27. The highest BCUT2D eigenvalue weighted by atomic mass is 32.2. The zero-order valence-corrected chi connectivity index (χ0v) is 23.2. The average molecular weight is 537 g/mol. The fourth-order valence-corrected chi connectivity index (χ4v) is 6.08. The highest BCUT2D eigenvalue weighted by molar-refractivity contribution is 8.26. The van der Waals surface area contributed by atoms with Gasteiger partial charge in [-0.05, 0) is 61.9 Å². The van der Waals surface area contributed by atoms with Crippen LogP contribution in [0.25, 0.3) is 6.08 Å². The van der Waals surface area contributed by atoms with Crippen LogP contribution in [0.3, 0.4) is 0 Å². The number of amides is 1. The van der Waals surface area contributed by atoms with Gasteiger partial charge in [0.1, 0.15) is 27.5 Å². The molecule has 0 saturated carbocycles. The first-order chi connectivity index (χ1) is 17.9. The summed E-state index contributed by atoms with van der Waals surface area (Å²) in [6, 6.07) is 9.91. The molecule has 0 aliphatic carbocycles. The van der Waals surface area contributed by atoms with Crippen LogP contribution in [0.1, 0.15) is 54.9 Å². The average Bonchev–Trinajstić information content (AvgIpc) is 3.52. The summed E-state index contributed by atoms with van der Waals surface area (Å²) in [6.45, 7) is 6.60. The number of hydrogen-bond donors (Lipinski definition) is 0. The molecule has 0 radical (unpaired) electrons. The highest BCUT2D eigenvalue weighted by Gasteiger charge is 2.33. The second-order valence-electron chi connectivity index (χ2n) is 9.29. The van der Waals surface area contributed by atoms with E-state index in [1.165, 1.54) is 11.8 Å². The van der Waals surface area contributed by atoms with E-state index in [9.17, 15) is 14.9 Å². The number of thioether (sulfide) groups is 1. The monoisotopic (exact) mass is 536 g/mol. The number of nitrogens with zero attached hydrogens (tertiary/aromatic N) is 4. The Bertz CT molecular complexity index is 1320. The number of anilines is 1. The van der Waals surface area contributed by atoms with Crippen LogP contribution < -0.4 is 15.2 Å². The molecule has 194 valence electrons. The molecular weight excluding hydrogens is 504 g/mol. The van der Waals surface area contributed by atoms with Crippen LogP contribution in [-0.2, 0) is 17.8 Å². The van der Waals surface area contributed by atoms with Gasteiger partial charge < -0.3 is 9.64 Å². The van der Waals surface area contributed by atoms with E-state index in [4.69, 9.17) is 17.0 Å². The molecule has 2 aromatic rings. The number of rotatable bonds is 9. The first-order valence-electron chi connectivity index (χ1n) is 12.7. The molecule has 3 heterocycles. The Labute approximate surface area is 227 Å². The summed E-state index contributed by atoms with van der Waals surface area (Å²) in [5.74, 6) is 1.47. The minimum Gasteiger partial charge on any atom is -0.497 e. The van der Waals surface area contributed by atoms with Crippen molar-refractivity contribution < 1.29 is 9.53 Å². The summed E-state index contributed by atoms with van der Waals surface area (Å²) in [6.07, 6.45) is 6.38. The van der Waals surface area contributed by atoms with E-state index in [0.29, 0.717) is 34.3 Å². The minimum absolute atomic E-state index is 0.139. The number of ether oxygens (including phenoxy) is 1. The van der Waals surface area contributed by atoms with Gasteiger partial charge in [0.05, 0.1) is 12.0 Å². The van der Waals surface area contributed by atoms with Crippen LogP contribution in [0.5, 0.6) is 5.75 Å². The summed E-state index contributed by atoms with van der Waals surface area (Å²) in [5.41, 5.74) is 2.36. The van der Waals surface area contributed by atoms with Gasteiger partial charge in [-0.2, -0.15) is 5.26 Å². The number of carbonyl (C=O) groups is 1. The molecule has 37 heavy (non-hydrogen) atoms. The van der Waals surface area contributed by atoms with Crippen molar-refractivity contribution in [2.24, 2.45) is 0 Å². The summed E-state index contributed by atoms with van der Waals surface area (Å²) in [5, 5.41) is 9.83. The molecule has 0 unspecified atom stereocenters. The second-order valence-corrected chi connectivity index (χ2v) is 11.0. The minimum atomic E-state index is -0.250. The molecule has 2 fully saturated rings. The zero-order chi connectivity index (χ0) is 26.5. The molecular formula is C28H32N4O3S2. The largest absolute Gasteiger partial charge is 0.497 e. The maximum absolute atomic E-state index is 13.4. The van der Waals surface area contributed by atoms with Gasteiger partial charge in [0.15, 0.2) is 0 Å². The molecule has 7 nitrogen and oxygen atoms in total. The quantitative estimate of drug-likeness (QED) is 0.334. The first kappa shape index (κ1) is 27.0. The van der Waals surface area contributed by atoms with Crippen molar-refractivity contribution in [3.8, 4) is 11.8 Å². The molecule has 0 N–H and O–H groups in total. The van der Waals surface area contributed by atoms with Gasteiger partial charge in [-0.15, -0.1) is 0 Å². The Morgan fingerprint density at radius 3 is 2.49 bits per heavy atom. The molecule has 2 aliphatic heterocycles. The Balaban J connectivity index is 1.70. The Morgan fingerprint density at radius 1 is 1.16 bits per heavy atom. The maximum atomic E-state index is 13.4. The molecule has 1 amide bonds.